The minimum atomic E-state index is -0.548. The minimum Gasteiger partial charge on any atom is -0.483 e. The molecule has 0 aliphatic carbocycles. The lowest BCUT2D eigenvalue weighted by atomic mass is 10.0. The van der Waals surface area contributed by atoms with E-state index in [-0.39, 0.29) is 36.6 Å². The molecular formula is C25H27FN4O4S. The smallest absolute Gasteiger partial charge is 0.328 e. The number of esters is 1. The Balaban J connectivity index is 1.50. The van der Waals surface area contributed by atoms with Crippen molar-refractivity contribution in [3.05, 3.63) is 66.2 Å². The zero-order valence-electron chi connectivity index (χ0n) is 19.4. The first-order valence-electron chi connectivity index (χ1n) is 11.5. The number of hydrogen-bond donors (Lipinski definition) is 0. The largest absolute Gasteiger partial charge is 0.483 e. The van der Waals surface area contributed by atoms with E-state index in [1.54, 1.807) is 34.6 Å². The molecule has 0 radical (unpaired) electrons. The van der Waals surface area contributed by atoms with Crippen LogP contribution in [0, 0.1) is 5.82 Å². The Morgan fingerprint density at radius 1 is 1.09 bits per heavy atom. The van der Waals surface area contributed by atoms with Gasteiger partial charge in [0.2, 0.25) is 5.91 Å². The number of likely N-dealkylation sites (tertiary alicyclic amines) is 1. The average molecular weight is 499 g/mol. The number of halogens is 1. The van der Waals surface area contributed by atoms with Gasteiger partial charge in [-0.2, -0.15) is 0 Å². The number of ether oxygens (including phenoxy) is 2. The van der Waals surface area contributed by atoms with Gasteiger partial charge in [0.05, 0.1) is 12.4 Å². The van der Waals surface area contributed by atoms with Crippen LogP contribution in [0.15, 0.2) is 59.8 Å². The van der Waals surface area contributed by atoms with E-state index in [1.165, 1.54) is 17.8 Å². The van der Waals surface area contributed by atoms with Crippen molar-refractivity contribution in [3.8, 4) is 11.4 Å². The van der Waals surface area contributed by atoms with Gasteiger partial charge < -0.3 is 14.4 Å². The van der Waals surface area contributed by atoms with Crippen molar-refractivity contribution in [2.45, 2.75) is 44.0 Å². The Hall–Kier alpha value is -3.40. The summed E-state index contributed by atoms with van der Waals surface area (Å²) in [6, 6.07) is 15.1. The molecule has 0 saturated carbocycles. The highest BCUT2D eigenvalue weighted by Gasteiger charge is 2.33. The molecule has 1 atom stereocenters. The highest BCUT2D eigenvalue weighted by Crippen LogP contribution is 2.26. The zero-order chi connectivity index (χ0) is 24.6. The molecule has 1 fully saturated rings. The molecule has 3 aromatic rings. The summed E-state index contributed by atoms with van der Waals surface area (Å²) in [5, 5.41) is 9.01. The van der Waals surface area contributed by atoms with Crippen LogP contribution >= 0.6 is 11.8 Å². The van der Waals surface area contributed by atoms with Gasteiger partial charge in [-0.05, 0) is 50.5 Å². The number of hydrogen-bond acceptors (Lipinski definition) is 7. The van der Waals surface area contributed by atoms with E-state index in [9.17, 15) is 14.0 Å². The first-order chi connectivity index (χ1) is 17.1. The summed E-state index contributed by atoms with van der Waals surface area (Å²) in [6.07, 6.45) is 2.34. The molecule has 2 aromatic carbocycles. The number of carbonyl (C=O) groups is 2. The fourth-order valence-electron chi connectivity index (χ4n) is 3.95. The van der Waals surface area contributed by atoms with Crippen molar-refractivity contribution in [3.63, 3.8) is 0 Å². The first-order valence-corrected chi connectivity index (χ1v) is 12.5. The molecule has 4 rings (SSSR count). The van der Waals surface area contributed by atoms with Gasteiger partial charge in [0.25, 0.3) is 0 Å². The van der Waals surface area contributed by atoms with Crippen LogP contribution in [0.2, 0.25) is 0 Å². The van der Waals surface area contributed by atoms with Gasteiger partial charge in [-0.25, -0.2) is 9.18 Å². The van der Waals surface area contributed by atoms with E-state index in [0.717, 1.165) is 18.5 Å². The molecule has 0 N–H and O–H groups in total. The molecule has 184 valence electrons. The van der Waals surface area contributed by atoms with Crippen molar-refractivity contribution in [1.29, 1.82) is 0 Å². The highest BCUT2D eigenvalue weighted by molar-refractivity contribution is 7.99. The lowest BCUT2D eigenvalue weighted by Crippen LogP contribution is -2.49. The number of thioether (sulfide) groups is 1. The van der Waals surface area contributed by atoms with E-state index < -0.39 is 11.9 Å². The maximum Gasteiger partial charge on any atom is 0.328 e. The molecule has 0 bridgehead atoms. The van der Waals surface area contributed by atoms with E-state index in [2.05, 4.69) is 10.2 Å². The van der Waals surface area contributed by atoms with Gasteiger partial charge in [-0.1, -0.05) is 42.1 Å². The molecule has 8 nitrogen and oxygen atoms in total. The molecule has 1 amide bonds. The van der Waals surface area contributed by atoms with E-state index in [1.807, 2.05) is 30.3 Å². The molecule has 2 heterocycles. The second-order valence-electron chi connectivity index (χ2n) is 7.93. The molecule has 1 aromatic heterocycles. The van der Waals surface area contributed by atoms with Crippen LogP contribution < -0.4 is 4.74 Å². The van der Waals surface area contributed by atoms with Crippen LogP contribution in [0.1, 0.15) is 32.0 Å². The molecule has 10 heteroatoms. The lowest BCUT2D eigenvalue weighted by Gasteiger charge is -2.33. The zero-order valence-corrected chi connectivity index (χ0v) is 20.2. The molecule has 1 aliphatic heterocycles. The van der Waals surface area contributed by atoms with Crippen molar-refractivity contribution < 1.29 is 23.5 Å². The quantitative estimate of drug-likeness (QED) is 0.325. The minimum absolute atomic E-state index is 0.00556. The van der Waals surface area contributed by atoms with Gasteiger partial charge in [-0.3, -0.25) is 9.36 Å². The van der Waals surface area contributed by atoms with E-state index in [0.29, 0.717) is 23.9 Å². The monoisotopic (exact) mass is 498 g/mol. The standard InChI is InChI=1S/C25H27FN4O4S/c1-2-33-24(32)20-13-8-9-15-29(20)23(31)17-35-25-28-27-22(30(25)18-10-4-3-5-11-18)16-34-21-14-7-6-12-19(21)26/h3-7,10-12,14,20H,2,8-9,13,15-17H2,1H3/t20-/m1/s1. The maximum atomic E-state index is 14.0. The number of aromatic nitrogens is 3. The van der Waals surface area contributed by atoms with Crippen molar-refractivity contribution in [2.75, 3.05) is 18.9 Å². The van der Waals surface area contributed by atoms with Crippen LogP contribution in [0.5, 0.6) is 5.75 Å². The normalized spacial score (nSPS) is 15.6. The predicted octanol–water partition coefficient (Wildman–Crippen LogP) is 4.02. The molecule has 0 spiro atoms. The first kappa shape index (κ1) is 24.7. The number of carbonyl (C=O) groups excluding carboxylic acids is 2. The number of nitrogens with zero attached hydrogens (tertiary/aromatic N) is 4. The molecule has 1 aliphatic rings. The molecular weight excluding hydrogens is 471 g/mol. The van der Waals surface area contributed by atoms with Crippen LogP contribution in [0.4, 0.5) is 4.39 Å². The summed E-state index contributed by atoms with van der Waals surface area (Å²) in [7, 11) is 0. The van der Waals surface area contributed by atoms with Crippen molar-refractivity contribution in [2.24, 2.45) is 0 Å². The second kappa shape index (κ2) is 11.8. The summed E-state index contributed by atoms with van der Waals surface area (Å²) in [5.41, 5.74) is 0.793. The van der Waals surface area contributed by atoms with Gasteiger partial charge >= 0.3 is 5.97 Å². The van der Waals surface area contributed by atoms with Crippen molar-refractivity contribution in [1.82, 2.24) is 19.7 Å². The number of benzene rings is 2. The summed E-state index contributed by atoms with van der Waals surface area (Å²) in [5.74, 6) is -0.290. The SMILES string of the molecule is CCOC(=O)[C@H]1CCCCN1C(=O)CSc1nnc(COc2ccccc2F)n1-c1ccccc1. The van der Waals surface area contributed by atoms with Crippen LogP contribution in [0.25, 0.3) is 5.69 Å². The van der Waals surface area contributed by atoms with Gasteiger partial charge in [-0.15, -0.1) is 10.2 Å². The van der Waals surface area contributed by atoms with E-state index in [4.69, 9.17) is 9.47 Å². The molecule has 35 heavy (non-hydrogen) atoms. The summed E-state index contributed by atoms with van der Waals surface area (Å²) in [6.45, 7) is 2.56. The average Bonchev–Trinajstić information content (AvgIpc) is 3.30. The summed E-state index contributed by atoms with van der Waals surface area (Å²) in [4.78, 5) is 27.0. The highest BCUT2D eigenvalue weighted by atomic mass is 32.2. The Labute approximate surface area is 207 Å². The predicted molar refractivity (Wildman–Crippen MR) is 129 cm³/mol. The fraction of sp³-hybridized carbons (Fsp3) is 0.360. The third-order valence-corrected chi connectivity index (χ3v) is 6.53. The van der Waals surface area contributed by atoms with Gasteiger partial charge in [0.1, 0.15) is 12.6 Å². The van der Waals surface area contributed by atoms with Crippen LogP contribution in [0.3, 0.4) is 0 Å². The lowest BCUT2D eigenvalue weighted by molar-refractivity contribution is -0.155. The van der Waals surface area contributed by atoms with Gasteiger partial charge in [0, 0.05) is 12.2 Å². The summed E-state index contributed by atoms with van der Waals surface area (Å²) < 4.78 is 26.6. The maximum absolute atomic E-state index is 14.0. The number of piperidine rings is 1. The Morgan fingerprint density at radius 3 is 2.63 bits per heavy atom. The summed E-state index contributed by atoms with van der Waals surface area (Å²) >= 11 is 1.23. The number of rotatable bonds is 9. The number of para-hydroxylation sites is 2. The Kier molecular flexibility index (Phi) is 8.36. The molecule has 1 saturated heterocycles. The van der Waals surface area contributed by atoms with Crippen molar-refractivity contribution >= 4 is 23.6 Å². The second-order valence-corrected chi connectivity index (χ2v) is 8.87. The third-order valence-electron chi connectivity index (χ3n) is 5.61. The third kappa shape index (κ3) is 6.00. The van der Waals surface area contributed by atoms with Gasteiger partial charge in [0.15, 0.2) is 22.5 Å². The fourth-order valence-corrected chi connectivity index (χ4v) is 4.81. The van der Waals surface area contributed by atoms with Crippen LogP contribution in [-0.2, 0) is 20.9 Å². The number of amides is 1. The van der Waals surface area contributed by atoms with E-state index >= 15 is 0 Å². The Morgan fingerprint density at radius 2 is 1.86 bits per heavy atom. The Bertz CT molecular complexity index is 1160. The van der Waals surface area contributed by atoms with Crippen LogP contribution in [-0.4, -0.2) is 56.5 Å². The topological polar surface area (TPSA) is 86.6 Å². The molecule has 0 unspecified atom stereocenters.